The fourth-order valence-electron chi connectivity index (χ4n) is 3.40. The monoisotopic (exact) mass is 523 g/mol. The van der Waals surface area contributed by atoms with Gasteiger partial charge in [-0.3, -0.25) is 13.9 Å². The SMILES string of the molecule is CCNC(=O)[C@@H](C)N(Cc1ccc(Br)cc1)C(=O)CN(c1cc(C)cc(C)c1)S(C)(=O)=O. The molecule has 1 atom stereocenters. The molecule has 7 nitrogen and oxygen atoms in total. The van der Waals surface area contributed by atoms with Gasteiger partial charge in [-0.25, -0.2) is 8.42 Å². The number of hydrogen-bond donors (Lipinski definition) is 1. The van der Waals surface area contributed by atoms with Crippen LogP contribution in [0.5, 0.6) is 0 Å². The van der Waals surface area contributed by atoms with E-state index in [1.54, 1.807) is 26.0 Å². The van der Waals surface area contributed by atoms with Gasteiger partial charge in [-0.2, -0.15) is 0 Å². The summed E-state index contributed by atoms with van der Waals surface area (Å²) in [6.07, 6.45) is 1.07. The molecule has 0 saturated carbocycles. The molecule has 2 aromatic rings. The molecule has 2 rings (SSSR count). The molecule has 9 heteroatoms. The first-order chi connectivity index (χ1) is 14.9. The fourth-order valence-corrected chi connectivity index (χ4v) is 4.50. The molecule has 0 radical (unpaired) electrons. The average Bonchev–Trinajstić information content (AvgIpc) is 2.69. The summed E-state index contributed by atoms with van der Waals surface area (Å²) in [5.41, 5.74) is 3.04. The Kier molecular flexibility index (Phi) is 8.86. The van der Waals surface area contributed by atoms with Gasteiger partial charge in [0.2, 0.25) is 21.8 Å². The van der Waals surface area contributed by atoms with E-state index < -0.39 is 28.5 Å². The van der Waals surface area contributed by atoms with Gasteiger partial charge in [0.15, 0.2) is 0 Å². The third kappa shape index (κ3) is 7.06. The van der Waals surface area contributed by atoms with Crippen LogP contribution in [-0.4, -0.2) is 50.5 Å². The van der Waals surface area contributed by atoms with Crippen molar-refractivity contribution >= 4 is 43.5 Å². The van der Waals surface area contributed by atoms with E-state index in [1.165, 1.54) is 4.90 Å². The zero-order chi connectivity index (χ0) is 24.1. The highest BCUT2D eigenvalue weighted by atomic mass is 79.9. The van der Waals surface area contributed by atoms with Gasteiger partial charge in [-0.05, 0) is 68.7 Å². The molecule has 0 aliphatic rings. The highest BCUT2D eigenvalue weighted by molar-refractivity contribution is 9.10. The van der Waals surface area contributed by atoms with Crippen LogP contribution in [0.4, 0.5) is 5.69 Å². The molecular weight excluding hydrogens is 494 g/mol. The molecule has 0 aliphatic carbocycles. The molecule has 32 heavy (non-hydrogen) atoms. The van der Waals surface area contributed by atoms with Crippen LogP contribution in [0.2, 0.25) is 0 Å². The van der Waals surface area contributed by atoms with Crippen molar-refractivity contribution < 1.29 is 18.0 Å². The predicted octanol–water partition coefficient (Wildman–Crippen LogP) is 3.39. The summed E-state index contributed by atoms with van der Waals surface area (Å²) >= 11 is 3.39. The van der Waals surface area contributed by atoms with E-state index in [0.29, 0.717) is 12.2 Å². The van der Waals surface area contributed by atoms with Crippen molar-refractivity contribution in [1.29, 1.82) is 0 Å². The molecule has 2 amide bonds. The third-order valence-electron chi connectivity index (χ3n) is 4.96. The maximum Gasteiger partial charge on any atom is 0.244 e. The molecule has 0 saturated heterocycles. The smallest absolute Gasteiger partial charge is 0.244 e. The number of likely N-dealkylation sites (N-methyl/N-ethyl adjacent to an activating group) is 1. The third-order valence-corrected chi connectivity index (χ3v) is 6.63. The fraction of sp³-hybridized carbons (Fsp3) is 0.391. The number of anilines is 1. The van der Waals surface area contributed by atoms with E-state index in [-0.39, 0.29) is 12.5 Å². The molecule has 0 aromatic heterocycles. The van der Waals surface area contributed by atoms with Gasteiger partial charge in [0.05, 0.1) is 11.9 Å². The molecule has 174 valence electrons. The standard InChI is InChI=1S/C23H30BrN3O4S/c1-6-25-23(29)18(4)26(14-19-7-9-20(24)10-8-19)22(28)15-27(32(5,30)31)21-12-16(2)11-17(3)13-21/h7-13,18H,6,14-15H2,1-5H3,(H,25,29)/t18-/m1/s1. The lowest BCUT2D eigenvalue weighted by Gasteiger charge is -2.31. The van der Waals surface area contributed by atoms with Gasteiger partial charge in [-0.1, -0.05) is 34.1 Å². The lowest BCUT2D eigenvalue weighted by molar-refractivity contribution is -0.139. The molecule has 0 spiro atoms. The Bertz CT molecular complexity index is 1050. The van der Waals surface area contributed by atoms with E-state index >= 15 is 0 Å². The Morgan fingerprint density at radius 3 is 2.12 bits per heavy atom. The van der Waals surface area contributed by atoms with Crippen LogP contribution in [0.1, 0.15) is 30.5 Å². The number of nitrogens with one attached hydrogen (secondary N) is 1. The number of carbonyl (C=O) groups excluding carboxylic acids is 2. The van der Waals surface area contributed by atoms with E-state index in [0.717, 1.165) is 31.7 Å². The number of amides is 2. The second-order valence-corrected chi connectivity index (χ2v) is 10.7. The normalized spacial score (nSPS) is 12.2. The van der Waals surface area contributed by atoms with Crippen LogP contribution in [0, 0.1) is 13.8 Å². The lowest BCUT2D eigenvalue weighted by atomic mass is 10.1. The Hall–Kier alpha value is -2.39. The van der Waals surface area contributed by atoms with Crippen molar-refractivity contribution in [2.24, 2.45) is 0 Å². The minimum absolute atomic E-state index is 0.175. The number of benzene rings is 2. The van der Waals surface area contributed by atoms with Crippen LogP contribution in [0.15, 0.2) is 46.9 Å². The summed E-state index contributed by atoms with van der Waals surface area (Å²) in [4.78, 5) is 27.3. The number of hydrogen-bond acceptors (Lipinski definition) is 4. The zero-order valence-corrected chi connectivity index (χ0v) is 21.5. The van der Waals surface area contributed by atoms with Crippen LogP contribution in [-0.2, 0) is 26.2 Å². The number of aryl methyl sites for hydroxylation is 2. The minimum Gasteiger partial charge on any atom is -0.355 e. The molecule has 0 heterocycles. The van der Waals surface area contributed by atoms with Crippen molar-refractivity contribution in [3.05, 3.63) is 63.6 Å². The number of nitrogens with zero attached hydrogens (tertiary/aromatic N) is 2. The van der Waals surface area contributed by atoms with Crippen molar-refractivity contribution in [1.82, 2.24) is 10.2 Å². The van der Waals surface area contributed by atoms with Gasteiger partial charge in [0.1, 0.15) is 12.6 Å². The molecule has 1 N–H and O–H groups in total. The molecule has 0 unspecified atom stereocenters. The van der Waals surface area contributed by atoms with Crippen LogP contribution in [0.25, 0.3) is 0 Å². The van der Waals surface area contributed by atoms with E-state index in [1.807, 2.05) is 44.2 Å². The molecule has 0 aliphatic heterocycles. The highest BCUT2D eigenvalue weighted by Crippen LogP contribution is 2.22. The molecule has 0 fully saturated rings. The molecular formula is C23H30BrN3O4S. The second-order valence-electron chi connectivity index (χ2n) is 7.83. The number of halogens is 1. The Balaban J connectivity index is 2.40. The first-order valence-corrected chi connectivity index (χ1v) is 12.9. The lowest BCUT2D eigenvalue weighted by Crippen LogP contribution is -2.51. The van der Waals surface area contributed by atoms with Gasteiger partial charge in [-0.15, -0.1) is 0 Å². The number of carbonyl (C=O) groups is 2. The van der Waals surface area contributed by atoms with Crippen molar-refractivity contribution in [2.75, 3.05) is 23.7 Å². The second kappa shape index (κ2) is 11.0. The predicted molar refractivity (Wildman–Crippen MR) is 131 cm³/mol. The van der Waals surface area contributed by atoms with Gasteiger partial charge in [0, 0.05) is 17.6 Å². The maximum atomic E-state index is 13.4. The molecule has 0 bridgehead atoms. The maximum absolute atomic E-state index is 13.4. The minimum atomic E-state index is -3.74. The van der Waals surface area contributed by atoms with E-state index in [4.69, 9.17) is 0 Å². The average molecular weight is 524 g/mol. The van der Waals surface area contributed by atoms with Gasteiger partial charge < -0.3 is 10.2 Å². The summed E-state index contributed by atoms with van der Waals surface area (Å²) in [5, 5.41) is 2.73. The number of sulfonamides is 1. The van der Waals surface area contributed by atoms with Crippen LogP contribution < -0.4 is 9.62 Å². The Labute approximate surface area is 199 Å². The number of rotatable bonds is 9. The van der Waals surface area contributed by atoms with E-state index in [9.17, 15) is 18.0 Å². The summed E-state index contributed by atoms with van der Waals surface area (Å²) in [6, 6.07) is 12.0. The quantitative estimate of drug-likeness (QED) is 0.545. The van der Waals surface area contributed by atoms with Crippen molar-refractivity contribution in [3.63, 3.8) is 0 Å². The van der Waals surface area contributed by atoms with Gasteiger partial charge >= 0.3 is 0 Å². The van der Waals surface area contributed by atoms with Crippen molar-refractivity contribution in [3.8, 4) is 0 Å². The first kappa shape index (κ1) is 25.9. The molecule has 2 aromatic carbocycles. The van der Waals surface area contributed by atoms with Crippen LogP contribution >= 0.6 is 15.9 Å². The first-order valence-electron chi connectivity index (χ1n) is 10.3. The largest absolute Gasteiger partial charge is 0.355 e. The summed E-state index contributed by atoms with van der Waals surface area (Å²) in [6.45, 7) is 7.39. The van der Waals surface area contributed by atoms with Crippen LogP contribution in [0.3, 0.4) is 0 Å². The summed E-state index contributed by atoms with van der Waals surface area (Å²) in [5.74, 6) is -0.758. The van der Waals surface area contributed by atoms with Gasteiger partial charge in [0.25, 0.3) is 0 Å². The Morgan fingerprint density at radius 1 is 1.06 bits per heavy atom. The van der Waals surface area contributed by atoms with Crippen molar-refractivity contribution in [2.45, 2.75) is 40.3 Å². The highest BCUT2D eigenvalue weighted by Gasteiger charge is 2.30. The van der Waals surface area contributed by atoms with E-state index in [2.05, 4.69) is 21.2 Å². The zero-order valence-electron chi connectivity index (χ0n) is 19.1. The summed E-state index contributed by atoms with van der Waals surface area (Å²) < 4.78 is 27.2. The topological polar surface area (TPSA) is 86.8 Å². The Morgan fingerprint density at radius 2 is 1.62 bits per heavy atom. The summed E-state index contributed by atoms with van der Waals surface area (Å²) in [7, 11) is -3.74.